The molecule has 0 radical (unpaired) electrons. The number of fused-ring (bicyclic) bond motifs is 1. The Kier molecular flexibility index (Phi) is 9.87. The number of hydrogen-bond donors (Lipinski definition) is 1. The first-order valence-corrected chi connectivity index (χ1v) is 13.1. The summed E-state index contributed by atoms with van der Waals surface area (Å²) in [4.78, 5) is 2.39. The number of rotatable bonds is 12. The lowest BCUT2D eigenvalue weighted by atomic mass is 9.82. The van der Waals surface area contributed by atoms with E-state index in [1.54, 1.807) is 21.3 Å². The molecule has 2 aliphatic heterocycles. The van der Waals surface area contributed by atoms with E-state index in [0.29, 0.717) is 18.6 Å². The molecule has 1 saturated heterocycles. The molecule has 1 N–H and O–H groups in total. The highest BCUT2D eigenvalue weighted by Crippen LogP contribution is 2.35. The molecule has 4 atom stereocenters. The molecule has 2 aromatic carbocycles. The minimum Gasteiger partial charge on any atom is -0.497 e. The van der Waals surface area contributed by atoms with Crippen molar-refractivity contribution in [1.29, 1.82) is 0 Å². The fourth-order valence-electron chi connectivity index (χ4n) is 5.26. The minimum absolute atomic E-state index is 0.0811. The summed E-state index contributed by atoms with van der Waals surface area (Å²) in [7, 11) is 5.24. The van der Waals surface area contributed by atoms with Crippen molar-refractivity contribution in [2.24, 2.45) is 0 Å². The lowest BCUT2D eigenvalue weighted by molar-refractivity contribution is -0.00283. The van der Waals surface area contributed by atoms with Gasteiger partial charge in [-0.25, -0.2) is 0 Å². The zero-order chi connectivity index (χ0) is 25.3. The monoisotopic (exact) mass is 498 g/mol. The van der Waals surface area contributed by atoms with Crippen LogP contribution in [-0.2, 0) is 20.8 Å². The maximum absolute atomic E-state index is 6.59. The summed E-state index contributed by atoms with van der Waals surface area (Å²) in [6, 6.07) is 15.3. The number of nitrogens with one attached hydrogen (secondary N) is 1. The Morgan fingerprint density at radius 2 is 1.94 bits per heavy atom. The molecule has 0 spiro atoms. The largest absolute Gasteiger partial charge is 0.497 e. The van der Waals surface area contributed by atoms with Gasteiger partial charge in [-0.1, -0.05) is 18.2 Å². The van der Waals surface area contributed by atoms with Gasteiger partial charge in [-0.2, -0.15) is 0 Å². The molecule has 0 aromatic heterocycles. The van der Waals surface area contributed by atoms with E-state index < -0.39 is 0 Å². The average Bonchev–Trinajstić information content (AvgIpc) is 2.92. The molecular weight excluding hydrogens is 456 g/mol. The van der Waals surface area contributed by atoms with Gasteiger partial charge in [0.1, 0.15) is 18.1 Å². The van der Waals surface area contributed by atoms with Gasteiger partial charge in [0.15, 0.2) is 0 Å². The van der Waals surface area contributed by atoms with Gasteiger partial charge < -0.3 is 33.9 Å². The van der Waals surface area contributed by atoms with Crippen LogP contribution in [0.4, 0.5) is 5.69 Å². The Labute approximate surface area is 216 Å². The van der Waals surface area contributed by atoms with Gasteiger partial charge in [-0.05, 0) is 61.6 Å². The summed E-state index contributed by atoms with van der Waals surface area (Å²) in [5.74, 6) is 2.13. The Hall–Kier alpha value is -2.32. The zero-order valence-corrected chi connectivity index (χ0v) is 22.2. The molecule has 198 valence electrons. The van der Waals surface area contributed by atoms with E-state index in [2.05, 4.69) is 47.5 Å². The van der Waals surface area contributed by atoms with Crippen molar-refractivity contribution in [2.75, 3.05) is 59.1 Å². The normalized spacial score (nSPS) is 22.6. The highest BCUT2D eigenvalue weighted by Gasteiger charge is 2.33. The lowest BCUT2D eigenvalue weighted by Gasteiger charge is -2.38. The van der Waals surface area contributed by atoms with Crippen molar-refractivity contribution in [3.63, 3.8) is 0 Å². The van der Waals surface area contributed by atoms with Gasteiger partial charge >= 0.3 is 0 Å². The molecule has 2 aromatic rings. The summed E-state index contributed by atoms with van der Waals surface area (Å²) in [5.41, 5.74) is 3.61. The maximum atomic E-state index is 6.59. The number of piperidine rings is 1. The van der Waals surface area contributed by atoms with Crippen LogP contribution in [0.3, 0.4) is 0 Å². The third-order valence-corrected chi connectivity index (χ3v) is 7.38. The number of hydrogen-bond acceptors (Lipinski definition) is 7. The van der Waals surface area contributed by atoms with Crippen molar-refractivity contribution >= 4 is 5.69 Å². The smallest absolute Gasteiger partial charge is 0.142 e. The van der Waals surface area contributed by atoms with Gasteiger partial charge in [0, 0.05) is 45.9 Å². The van der Waals surface area contributed by atoms with E-state index in [4.69, 9.17) is 23.7 Å². The van der Waals surface area contributed by atoms with Crippen LogP contribution in [0.5, 0.6) is 11.5 Å². The van der Waals surface area contributed by atoms with E-state index in [9.17, 15) is 0 Å². The van der Waals surface area contributed by atoms with Gasteiger partial charge in [-0.3, -0.25) is 0 Å². The van der Waals surface area contributed by atoms with Gasteiger partial charge in [-0.15, -0.1) is 0 Å². The van der Waals surface area contributed by atoms with Gasteiger partial charge in [0.05, 0.1) is 38.2 Å². The van der Waals surface area contributed by atoms with Crippen molar-refractivity contribution in [2.45, 2.75) is 57.0 Å². The van der Waals surface area contributed by atoms with E-state index in [-0.39, 0.29) is 12.2 Å². The first kappa shape index (κ1) is 26.7. The summed E-state index contributed by atoms with van der Waals surface area (Å²) in [6.45, 7) is 6.85. The third-order valence-electron chi connectivity index (χ3n) is 7.38. The molecule has 0 aliphatic carbocycles. The van der Waals surface area contributed by atoms with Crippen LogP contribution in [0.1, 0.15) is 43.2 Å². The molecule has 0 amide bonds. The minimum atomic E-state index is 0.0811. The summed E-state index contributed by atoms with van der Waals surface area (Å²) >= 11 is 0. The van der Waals surface area contributed by atoms with Crippen LogP contribution in [0.2, 0.25) is 0 Å². The van der Waals surface area contributed by atoms with Crippen molar-refractivity contribution in [1.82, 2.24) is 5.32 Å². The number of ether oxygens (including phenoxy) is 5. The lowest BCUT2D eigenvalue weighted by Crippen LogP contribution is -2.48. The predicted molar refractivity (Wildman–Crippen MR) is 142 cm³/mol. The second-order valence-corrected chi connectivity index (χ2v) is 9.84. The van der Waals surface area contributed by atoms with E-state index in [1.165, 1.54) is 11.1 Å². The summed E-state index contributed by atoms with van der Waals surface area (Å²) < 4.78 is 28.7. The van der Waals surface area contributed by atoms with Gasteiger partial charge in [0.2, 0.25) is 0 Å². The first-order valence-electron chi connectivity index (χ1n) is 13.1. The average molecular weight is 499 g/mol. The van der Waals surface area contributed by atoms with Crippen LogP contribution in [0, 0.1) is 0 Å². The maximum Gasteiger partial charge on any atom is 0.142 e. The van der Waals surface area contributed by atoms with Crippen LogP contribution in [-0.4, -0.2) is 72.4 Å². The number of benzene rings is 2. The Bertz CT molecular complexity index is 938. The van der Waals surface area contributed by atoms with Crippen LogP contribution in [0.15, 0.2) is 42.5 Å². The number of nitrogens with zero attached hydrogens (tertiary/aromatic N) is 1. The molecule has 2 aliphatic rings. The first-order chi connectivity index (χ1) is 17.6. The van der Waals surface area contributed by atoms with E-state index in [1.807, 2.05) is 12.1 Å². The fraction of sp³-hybridized carbons (Fsp3) is 0.586. The molecule has 2 heterocycles. The van der Waals surface area contributed by atoms with Crippen molar-refractivity contribution < 1.29 is 23.7 Å². The highest BCUT2D eigenvalue weighted by atomic mass is 16.5. The predicted octanol–water partition coefficient (Wildman–Crippen LogP) is 4.39. The molecule has 0 unspecified atom stereocenters. The molecule has 1 fully saturated rings. The van der Waals surface area contributed by atoms with Crippen molar-refractivity contribution in [3.8, 4) is 11.5 Å². The SMILES string of the molecule is COCCCN1CCOc2ccc(CO[C@H]3CN[C@@H](C[C@@H](C)OC)C[C@@H]3c3ccc(OC)cc3)cc21. The molecule has 7 heteroatoms. The van der Waals surface area contributed by atoms with Crippen molar-refractivity contribution in [3.05, 3.63) is 53.6 Å². The molecule has 0 bridgehead atoms. The van der Waals surface area contributed by atoms with Crippen LogP contribution in [0.25, 0.3) is 0 Å². The molecule has 36 heavy (non-hydrogen) atoms. The highest BCUT2D eigenvalue weighted by molar-refractivity contribution is 5.61. The molecule has 4 rings (SSSR count). The van der Waals surface area contributed by atoms with Gasteiger partial charge in [0.25, 0.3) is 0 Å². The number of methoxy groups -OCH3 is 3. The standard InChI is InChI=1S/C29H42N2O5/c1-21(33-3)16-24-18-26(23-7-9-25(34-4)10-8-23)29(19-30-24)36-20-22-6-11-28-27(17-22)31(13-15-35-28)12-5-14-32-2/h6-11,17,21,24,26,29-30H,5,12-16,18-20H2,1-4H3/t21-,24+,26-,29+/m1/s1. The Morgan fingerprint density at radius 1 is 1.11 bits per heavy atom. The molecule has 0 saturated carbocycles. The topological polar surface area (TPSA) is 61.4 Å². The second-order valence-electron chi connectivity index (χ2n) is 9.84. The van der Waals surface area contributed by atoms with E-state index >= 15 is 0 Å². The fourth-order valence-corrected chi connectivity index (χ4v) is 5.26. The third kappa shape index (κ3) is 6.91. The summed E-state index contributed by atoms with van der Waals surface area (Å²) in [6.07, 6.45) is 3.30. The number of anilines is 1. The summed E-state index contributed by atoms with van der Waals surface area (Å²) in [5, 5.41) is 3.71. The second kappa shape index (κ2) is 13.3. The van der Waals surface area contributed by atoms with Crippen LogP contribution >= 0.6 is 0 Å². The zero-order valence-electron chi connectivity index (χ0n) is 22.2. The molecule has 7 nitrogen and oxygen atoms in total. The Balaban J connectivity index is 1.45. The van der Waals surface area contributed by atoms with Crippen LogP contribution < -0.4 is 19.7 Å². The quantitative estimate of drug-likeness (QED) is 0.436. The Morgan fingerprint density at radius 3 is 2.69 bits per heavy atom. The van der Waals surface area contributed by atoms with E-state index in [0.717, 1.165) is 69.3 Å². The molecular formula is C29H42N2O5.